The summed E-state index contributed by atoms with van der Waals surface area (Å²) in [6.07, 6.45) is 0.0793. The van der Waals surface area contributed by atoms with Crippen molar-refractivity contribution in [2.24, 2.45) is 0 Å². The first kappa shape index (κ1) is 15.9. The summed E-state index contributed by atoms with van der Waals surface area (Å²) in [6, 6.07) is 4.08. The molecule has 7 heteroatoms. The van der Waals surface area contributed by atoms with Crippen LogP contribution in [-0.4, -0.2) is 67.5 Å². The van der Waals surface area contributed by atoms with E-state index in [2.05, 4.69) is 27.0 Å². The van der Waals surface area contributed by atoms with Gasteiger partial charge in [0.1, 0.15) is 0 Å². The average Bonchev–Trinajstić information content (AvgIpc) is 3.20. The molecule has 0 aromatic carbocycles. The van der Waals surface area contributed by atoms with Crippen LogP contribution in [0.1, 0.15) is 17.3 Å². The molecule has 3 rings (SSSR count). The van der Waals surface area contributed by atoms with Crippen LogP contribution in [0, 0.1) is 0 Å². The average molecular weight is 325 g/mol. The standard InChI is InChI=1S/C15H23N3O3S/c19-11-8-12(16-9-11)15(20)17-10-13(14-2-1-7-22-14)18-3-5-21-6-4-18/h1-2,7,11-13,16,19H,3-6,8-10H2,(H,17,20)/t11-,12-,13-/m1/s1. The maximum absolute atomic E-state index is 12.2. The van der Waals surface area contributed by atoms with Gasteiger partial charge < -0.3 is 20.5 Å². The van der Waals surface area contributed by atoms with E-state index in [1.807, 2.05) is 6.07 Å². The van der Waals surface area contributed by atoms with Crippen molar-refractivity contribution in [2.75, 3.05) is 39.4 Å². The lowest BCUT2D eigenvalue weighted by Gasteiger charge is -2.34. The Bertz CT molecular complexity index is 476. The highest BCUT2D eigenvalue weighted by Crippen LogP contribution is 2.25. The van der Waals surface area contributed by atoms with E-state index in [-0.39, 0.29) is 18.0 Å². The Morgan fingerprint density at radius 1 is 1.55 bits per heavy atom. The molecule has 0 unspecified atom stereocenters. The lowest BCUT2D eigenvalue weighted by molar-refractivity contribution is -0.123. The molecule has 2 saturated heterocycles. The van der Waals surface area contributed by atoms with Crippen LogP contribution in [0.4, 0.5) is 0 Å². The van der Waals surface area contributed by atoms with Gasteiger partial charge in [0.15, 0.2) is 0 Å². The number of rotatable bonds is 5. The summed E-state index contributed by atoms with van der Waals surface area (Å²) in [6.45, 7) is 4.35. The molecular formula is C15H23N3O3S. The van der Waals surface area contributed by atoms with Gasteiger partial charge in [0.2, 0.25) is 5.91 Å². The molecule has 2 fully saturated rings. The number of carbonyl (C=O) groups is 1. The van der Waals surface area contributed by atoms with E-state index >= 15 is 0 Å². The quantitative estimate of drug-likeness (QED) is 0.708. The van der Waals surface area contributed by atoms with Crippen molar-refractivity contribution in [1.29, 1.82) is 0 Å². The Labute approximate surface area is 134 Å². The molecule has 1 aromatic rings. The van der Waals surface area contributed by atoms with E-state index in [1.165, 1.54) is 4.88 Å². The minimum Gasteiger partial charge on any atom is -0.392 e. The Balaban J connectivity index is 1.59. The van der Waals surface area contributed by atoms with Crippen molar-refractivity contribution in [3.8, 4) is 0 Å². The molecule has 0 bridgehead atoms. The van der Waals surface area contributed by atoms with Crippen LogP contribution >= 0.6 is 11.3 Å². The highest BCUT2D eigenvalue weighted by Gasteiger charge is 2.29. The van der Waals surface area contributed by atoms with Crippen molar-refractivity contribution in [3.05, 3.63) is 22.4 Å². The summed E-state index contributed by atoms with van der Waals surface area (Å²) in [7, 11) is 0. The Kier molecular flexibility index (Phi) is 5.43. The third-order valence-corrected chi connectivity index (χ3v) is 5.23. The van der Waals surface area contributed by atoms with Gasteiger partial charge in [-0.15, -0.1) is 11.3 Å². The molecule has 22 heavy (non-hydrogen) atoms. The van der Waals surface area contributed by atoms with Crippen molar-refractivity contribution in [1.82, 2.24) is 15.5 Å². The minimum atomic E-state index is -0.414. The first-order valence-corrected chi connectivity index (χ1v) is 8.66. The molecule has 1 amide bonds. The molecule has 2 aliphatic heterocycles. The topological polar surface area (TPSA) is 73.8 Å². The smallest absolute Gasteiger partial charge is 0.237 e. The second kappa shape index (κ2) is 7.52. The minimum absolute atomic E-state index is 0.0219. The predicted molar refractivity (Wildman–Crippen MR) is 84.9 cm³/mol. The molecular weight excluding hydrogens is 302 g/mol. The van der Waals surface area contributed by atoms with E-state index in [1.54, 1.807) is 11.3 Å². The van der Waals surface area contributed by atoms with Gasteiger partial charge in [-0.3, -0.25) is 9.69 Å². The fourth-order valence-corrected chi connectivity index (χ4v) is 3.88. The Hall–Kier alpha value is -0.990. The summed E-state index contributed by atoms with van der Waals surface area (Å²) >= 11 is 1.72. The third kappa shape index (κ3) is 3.85. The maximum atomic E-state index is 12.2. The van der Waals surface area contributed by atoms with Crippen LogP contribution in [0.25, 0.3) is 0 Å². The zero-order valence-electron chi connectivity index (χ0n) is 12.5. The van der Waals surface area contributed by atoms with Gasteiger partial charge in [-0.1, -0.05) is 6.07 Å². The fraction of sp³-hybridized carbons (Fsp3) is 0.667. The molecule has 0 radical (unpaired) electrons. The molecule has 3 N–H and O–H groups in total. The number of nitrogens with one attached hydrogen (secondary N) is 2. The number of ether oxygens (including phenoxy) is 1. The van der Waals surface area contributed by atoms with Gasteiger partial charge in [-0.25, -0.2) is 0 Å². The number of hydrogen-bond acceptors (Lipinski definition) is 6. The number of carbonyl (C=O) groups excluding carboxylic acids is 1. The van der Waals surface area contributed by atoms with E-state index < -0.39 is 6.10 Å². The maximum Gasteiger partial charge on any atom is 0.237 e. The molecule has 0 saturated carbocycles. The third-order valence-electron chi connectivity index (χ3n) is 4.25. The van der Waals surface area contributed by atoms with E-state index in [9.17, 15) is 9.90 Å². The monoisotopic (exact) mass is 325 g/mol. The number of aliphatic hydroxyl groups excluding tert-OH is 1. The van der Waals surface area contributed by atoms with Crippen LogP contribution in [-0.2, 0) is 9.53 Å². The zero-order valence-corrected chi connectivity index (χ0v) is 13.3. The summed E-state index contributed by atoms with van der Waals surface area (Å²) < 4.78 is 5.42. The molecule has 2 aliphatic rings. The lowest BCUT2D eigenvalue weighted by atomic mass is 10.1. The number of aliphatic hydroxyl groups is 1. The molecule has 0 aliphatic carbocycles. The molecule has 0 spiro atoms. The molecule has 3 heterocycles. The van der Waals surface area contributed by atoms with Crippen LogP contribution in [0.15, 0.2) is 17.5 Å². The normalized spacial score (nSPS) is 27.7. The van der Waals surface area contributed by atoms with Crippen LogP contribution in [0.2, 0.25) is 0 Å². The van der Waals surface area contributed by atoms with Gasteiger partial charge in [-0.2, -0.15) is 0 Å². The number of nitrogens with zero attached hydrogens (tertiary/aromatic N) is 1. The first-order chi connectivity index (χ1) is 10.7. The number of thiophene rings is 1. The van der Waals surface area contributed by atoms with E-state index in [4.69, 9.17) is 4.74 Å². The van der Waals surface area contributed by atoms with E-state index in [0.717, 1.165) is 26.3 Å². The van der Waals surface area contributed by atoms with Gasteiger partial charge >= 0.3 is 0 Å². The van der Waals surface area contributed by atoms with Crippen molar-refractivity contribution >= 4 is 17.2 Å². The highest BCUT2D eigenvalue weighted by atomic mass is 32.1. The summed E-state index contributed by atoms with van der Waals surface area (Å²) in [4.78, 5) is 15.9. The lowest BCUT2D eigenvalue weighted by Crippen LogP contribution is -2.46. The number of morpholine rings is 1. The predicted octanol–water partition coefficient (Wildman–Crippen LogP) is -0.0396. The summed E-state index contributed by atoms with van der Waals surface area (Å²) in [5.74, 6) is -0.0219. The van der Waals surface area contributed by atoms with E-state index in [0.29, 0.717) is 19.5 Å². The molecule has 1 aromatic heterocycles. The fourth-order valence-electron chi connectivity index (χ4n) is 3.02. The van der Waals surface area contributed by atoms with Crippen molar-refractivity contribution < 1.29 is 14.6 Å². The number of β-amino-alcohol motifs (C(OH)–C–C–N with tert-alkyl or cyclic N) is 1. The van der Waals surface area contributed by atoms with Gasteiger partial charge in [-0.05, 0) is 17.9 Å². The van der Waals surface area contributed by atoms with Crippen LogP contribution in [0.5, 0.6) is 0 Å². The van der Waals surface area contributed by atoms with Crippen LogP contribution in [0.3, 0.4) is 0 Å². The van der Waals surface area contributed by atoms with Gasteiger partial charge in [0.25, 0.3) is 0 Å². The number of hydrogen-bond donors (Lipinski definition) is 3. The Morgan fingerprint density at radius 2 is 2.36 bits per heavy atom. The largest absolute Gasteiger partial charge is 0.392 e. The first-order valence-electron chi connectivity index (χ1n) is 7.78. The summed E-state index contributed by atoms with van der Waals surface area (Å²) in [5, 5.41) is 17.7. The Morgan fingerprint density at radius 3 is 3.00 bits per heavy atom. The van der Waals surface area contributed by atoms with Gasteiger partial charge in [0, 0.05) is 31.1 Å². The molecule has 122 valence electrons. The van der Waals surface area contributed by atoms with Crippen molar-refractivity contribution in [2.45, 2.75) is 24.6 Å². The second-order valence-electron chi connectivity index (χ2n) is 5.78. The second-order valence-corrected chi connectivity index (χ2v) is 6.75. The van der Waals surface area contributed by atoms with Crippen LogP contribution < -0.4 is 10.6 Å². The van der Waals surface area contributed by atoms with Gasteiger partial charge in [0.05, 0.1) is 31.4 Å². The molecule has 6 nitrogen and oxygen atoms in total. The SMILES string of the molecule is O=C(NC[C@H](c1cccs1)N1CCOCC1)[C@H]1C[C@@H](O)CN1. The molecule has 3 atom stereocenters. The summed E-state index contributed by atoms with van der Waals surface area (Å²) in [5.41, 5.74) is 0. The highest BCUT2D eigenvalue weighted by molar-refractivity contribution is 7.10. The number of amides is 1. The zero-order chi connectivity index (χ0) is 15.4. The van der Waals surface area contributed by atoms with Crippen molar-refractivity contribution in [3.63, 3.8) is 0 Å².